The van der Waals surface area contributed by atoms with Crippen LogP contribution in [0.1, 0.15) is 22.9 Å². The predicted molar refractivity (Wildman–Crippen MR) is 70.7 cm³/mol. The third-order valence-electron chi connectivity index (χ3n) is 2.99. The fraction of sp³-hybridized carbons (Fsp3) is 0.286. The number of halogens is 3. The molecule has 4 nitrogen and oxygen atoms in total. The fourth-order valence-electron chi connectivity index (χ4n) is 1.83. The van der Waals surface area contributed by atoms with Crippen LogP contribution in [0, 0.1) is 0 Å². The number of hydrogen-bond acceptors (Lipinski definition) is 4. The van der Waals surface area contributed by atoms with Crippen molar-refractivity contribution in [3.8, 4) is 5.88 Å². The second kappa shape index (κ2) is 6.09. The number of rotatable bonds is 4. The summed E-state index contributed by atoms with van der Waals surface area (Å²) in [5.74, 6) is 0.375. The van der Waals surface area contributed by atoms with Gasteiger partial charge in [-0.25, -0.2) is 0 Å². The molecule has 1 unspecified atom stereocenters. The van der Waals surface area contributed by atoms with Gasteiger partial charge in [-0.05, 0) is 30.2 Å². The third kappa shape index (κ3) is 3.91. The zero-order valence-corrected chi connectivity index (χ0v) is 11.3. The van der Waals surface area contributed by atoms with Crippen LogP contribution in [0.5, 0.6) is 5.88 Å². The van der Waals surface area contributed by atoms with Crippen LogP contribution in [0.25, 0.3) is 0 Å². The highest BCUT2D eigenvalue weighted by Gasteiger charge is 2.29. The largest absolute Gasteiger partial charge is 0.480 e. The molecule has 1 aromatic heterocycles. The molecule has 21 heavy (non-hydrogen) atoms. The Morgan fingerprint density at radius 1 is 1.10 bits per heavy atom. The Morgan fingerprint density at radius 3 is 2.24 bits per heavy atom. The van der Waals surface area contributed by atoms with Crippen molar-refractivity contribution in [1.82, 2.24) is 10.2 Å². The smallest absolute Gasteiger partial charge is 0.416 e. The van der Waals surface area contributed by atoms with E-state index in [0.29, 0.717) is 23.6 Å². The molecule has 0 amide bonds. The lowest BCUT2D eigenvalue weighted by Crippen LogP contribution is -2.15. The molecule has 0 radical (unpaired) electrons. The molecule has 0 saturated heterocycles. The van der Waals surface area contributed by atoms with Gasteiger partial charge < -0.3 is 10.5 Å². The summed E-state index contributed by atoms with van der Waals surface area (Å²) in [4.78, 5) is 0. The molecule has 112 valence electrons. The Labute approximate surface area is 119 Å². The quantitative estimate of drug-likeness (QED) is 0.942. The van der Waals surface area contributed by atoms with Crippen molar-refractivity contribution in [2.24, 2.45) is 5.73 Å². The molecule has 2 aromatic rings. The number of aromatic nitrogens is 2. The maximum Gasteiger partial charge on any atom is 0.416 e. The zero-order valence-electron chi connectivity index (χ0n) is 11.3. The van der Waals surface area contributed by atoms with E-state index in [1.165, 1.54) is 19.2 Å². The van der Waals surface area contributed by atoms with Gasteiger partial charge >= 0.3 is 6.18 Å². The maximum absolute atomic E-state index is 12.5. The Hall–Kier alpha value is -2.15. The van der Waals surface area contributed by atoms with E-state index in [9.17, 15) is 13.2 Å². The summed E-state index contributed by atoms with van der Waals surface area (Å²) >= 11 is 0. The summed E-state index contributed by atoms with van der Waals surface area (Å²) in [6.07, 6.45) is -3.96. The monoisotopic (exact) mass is 297 g/mol. The van der Waals surface area contributed by atoms with Gasteiger partial charge in [0.05, 0.1) is 24.4 Å². The average Bonchev–Trinajstić information content (AvgIpc) is 2.47. The minimum Gasteiger partial charge on any atom is -0.480 e. The highest BCUT2D eigenvalue weighted by molar-refractivity contribution is 5.26. The van der Waals surface area contributed by atoms with Crippen molar-refractivity contribution in [1.29, 1.82) is 0 Å². The molecule has 2 rings (SSSR count). The number of hydrogen-bond donors (Lipinski definition) is 1. The standard InChI is InChI=1S/C14H14F3N3O/c1-21-13-7-6-12(19-20-13)11(18)8-9-2-4-10(5-3-9)14(15,16)17/h2-7,11H,8,18H2,1H3. The molecule has 7 heteroatoms. The molecule has 1 atom stereocenters. The molecular weight excluding hydrogens is 283 g/mol. The Morgan fingerprint density at radius 2 is 1.76 bits per heavy atom. The SMILES string of the molecule is COc1ccc(C(N)Cc2ccc(C(F)(F)F)cc2)nn1. The first-order valence-electron chi connectivity index (χ1n) is 6.19. The summed E-state index contributed by atoms with van der Waals surface area (Å²) < 4.78 is 42.3. The molecule has 0 saturated carbocycles. The number of ether oxygens (including phenoxy) is 1. The van der Waals surface area contributed by atoms with Crippen molar-refractivity contribution in [3.05, 3.63) is 53.2 Å². The van der Waals surface area contributed by atoms with Gasteiger partial charge in [0.15, 0.2) is 0 Å². The topological polar surface area (TPSA) is 61.0 Å². The molecule has 0 spiro atoms. The Bertz CT molecular complexity index is 582. The molecule has 0 bridgehead atoms. The lowest BCUT2D eigenvalue weighted by molar-refractivity contribution is -0.137. The fourth-order valence-corrected chi connectivity index (χ4v) is 1.83. The molecule has 1 heterocycles. The van der Waals surface area contributed by atoms with Crippen LogP contribution in [0.4, 0.5) is 13.2 Å². The van der Waals surface area contributed by atoms with Crippen molar-refractivity contribution in [2.45, 2.75) is 18.6 Å². The minimum absolute atomic E-state index is 0.374. The summed E-state index contributed by atoms with van der Waals surface area (Å²) in [5, 5.41) is 7.73. The molecule has 0 aliphatic rings. The van der Waals surface area contributed by atoms with Crippen molar-refractivity contribution in [2.75, 3.05) is 7.11 Å². The van der Waals surface area contributed by atoms with Gasteiger partial charge in [0.2, 0.25) is 5.88 Å². The van der Waals surface area contributed by atoms with E-state index in [1.807, 2.05) is 0 Å². The van der Waals surface area contributed by atoms with Crippen molar-refractivity contribution < 1.29 is 17.9 Å². The van der Waals surface area contributed by atoms with Crippen LogP contribution < -0.4 is 10.5 Å². The minimum atomic E-state index is -4.33. The number of benzene rings is 1. The van der Waals surface area contributed by atoms with Gasteiger partial charge in [-0.2, -0.15) is 18.3 Å². The lowest BCUT2D eigenvalue weighted by Gasteiger charge is -2.12. The highest BCUT2D eigenvalue weighted by Crippen LogP contribution is 2.29. The van der Waals surface area contributed by atoms with Gasteiger partial charge in [-0.15, -0.1) is 5.10 Å². The Balaban J connectivity index is 2.06. The Kier molecular flexibility index (Phi) is 4.42. The van der Waals surface area contributed by atoms with Gasteiger partial charge in [-0.3, -0.25) is 0 Å². The van der Waals surface area contributed by atoms with Crippen LogP contribution in [-0.2, 0) is 12.6 Å². The highest BCUT2D eigenvalue weighted by atomic mass is 19.4. The van der Waals surface area contributed by atoms with E-state index < -0.39 is 17.8 Å². The third-order valence-corrected chi connectivity index (χ3v) is 2.99. The van der Waals surface area contributed by atoms with Crippen LogP contribution in [0.3, 0.4) is 0 Å². The van der Waals surface area contributed by atoms with Gasteiger partial charge in [0.1, 0.15) is 0 Å². The first kappa shape index (κ1) is 15.2. The summed E-state index contributed by atoms with van der Waals surface area (Å²) in [7, 11) is 1.48. The van der Waals surface area contributed by atoms with Crippen LogP contribution >= 0.6 is 0 Å². The second-order valence-corrected chi connectivity index (χ2v) is 4.51. The van der Waals surface area contributed by atoms with Crippen LogP contribution in [0.2, 0.25) is 0 Å². The van der Waals surface area contributed by atoms with E-state index in [-0.39, 0.29) is 0 Å². The molecule has 0 aliphatic heterocycles. The zero-order chi connectivity index (χ0) is 15.5. The van der Waals surface area contributed by atoms with Gasteiger partial charge in [0, 0.05) is 6.07 Å². The predicted octanol–water partition coefficient (Wildman–Crippen LogP) is 2.75. The van der Waals surface area contributed by atoms with Gasteiger partial charge in [-0.1, -0.05) is 12.1 Å². The van der Waals surface area contributed by atoms with E-state index in [0.717, 1.165) is 12.1 Å². The van der Waals surface area contributed by atoms with E-state index in [4.69, 9.17) is 10.5 Å². The van der Waals surface area contributed by atoms with E-state index in [1.54, 1.807) is 12.1 Å². The maximum atomic E-state index is 12.5. The van der Waals surface area contributed by atoms with E-state index >= 15 is 0 Å². The molecular formula is C14H14F3N3O. The lowest BCUT2D eigenvalue weighted by atomic mass is 10.0. The number of methoxy groups -OCH3 is 1. The van der Waals surface area contributed by atoms with Crippen molar-refractivity contribution in [3.63, 3.8) is 0 Å². The summed E-state index contributed by atoms with van der Waals surface area (Å²) in [6, 6.07) is 7.79. The number of nitrogens with zero attached hydrogens (tertiary/aromatic N) is 2. The normalized spacial score (nSPS) is 13.0. The van der Waals surface area contributed by atoms with Crippen LogP contribution in [0.15, 0.2) is 36.4 Å². The van der Waals surface area contributed by atoms with E-state index in [2.05, 4.69) is 10.2 Å². The van der Waals surface area contributed by atoms with Gasteiger partial charge in [0.25, 0.3) is 0 Å². The first-order chi connectivity index (χ1) is 9.90. The first-order valence-corrected chi connectivity index (χ1v) is 6.19. The summed E-state index contributed by atoms with van der Waals surface area (Å²) in [6.45, 7) is 0. The molecule has 0 fully saturated rings. The average molecular weight is 297 g/mol. The van der Waals surface area contributed by atoms with Crippen molar-refractivity contribution >= 4 is 0 Å². The second-order valence-electron chi connectivity index (χ2n) is 4.51. The number of nitrogens with two attached hydrogens (primary N) is 1. The molecule has 2 N–H and O–H groups in total. The van der Waals surface area contributed by atoms with Crippen LogP contribution in [-0.4, -0.2) is 17.3 Å². The molecule has 1 aromatic carbocycles. The molecule has 0 aliphatic carbocycles. The number of alkyl halides is 3. The summed E-state index contributed by atoms with van der Waals surface area (Å²) in [5.41, 5.74) is 6.55.